The van der Waals surface area contributed by atoms with Gasteiger partial charge in [0.2, 0.25) is 0 Å². The second-order valence-corrected chi connectivity index (χ2v) is 8.14. The molecule has 4 atom stereocenters. The zero-order valence-corrected chi connectivity index (χ0v) is 14.9. The fourth-order valence-corrected chi connectivity index (χ4v) is 4.55. The summed E-state index contributed by atoms with van der Waals surface area (Å²) in [7, 11) is 0. The molecule has 0 amide bonds. The quantitative estimate of drug-likeness (QED) is 0.319. The lowest BCUT2D eigenvalue weighted by molar-refractivity contribution is -0.140. The van der Waals surface area contributed by atoms with E-state index in [1.807, 2.05) is 0 Å². The van der Waals surface area contributed by atoms with Gasteiger partial charge in [0.25, 0.3) is 0 Å². The van der Waals surface area contributed by atoms with Gasteiger partial charge in [-0.3, -0.25) is 0 Å². The van der Waals surface area contributed by atoms with E-state index in [9.17, 15) is 4.79 Å². The van der Waals surface area contributed by atoms with Crippen LogP contribution in [0.15, 0.2) is 23.4 Å². The maximum absolute atomic E-state index is 12.6. The van der Waals surface area contributed by atoms with Gasteiger partial charge in [0.05, 0.1) is 11.2 Å². The van der Waals surface area contributed by atoms with Crippen LogP contribution in [0.4, 0.5) is 0 Å². The summed E-state index contributed by atoms with van der Waals surface area (Å²) in [6.45, 7) is 6.49. The zero-order chi connectivity index (χ0) is 16.7. The molecule has 0 aromatic carbocycles. The molecule has 0 unspecified atom stereocenters. The van der Waals surface area contributed by atoms with Crippen molar-refractivity contribution in [2.45, 2.75) is 76.6 Å². The molecule has 1 aliphatic carbocycles. The van der Waals surface area contributed by atoms with Crippen molar-refractivity contribution in [3.63, 3.8) is 0 Å². The Morgan fingerprint density at radius 1 is 1.29 bits per heavy atom. The molecule has 0 radical (unpaired) electrons. The van der Waals surface area contributed by atoms with Crippen molar-refractivity contribution in [1.82, 2.24) is 4.90 Å². The van der Waals surface area contributed by atoms with E-state index in [1.165, 1.54) is 24.8 Å². The first-order valence-corrected chi connectivity index (χ1v) is 9.57. The molecule has 0 aromatic rings. The number of esters is 1. The van der Waals surface area contributed by atoms with Crippen molar-refractivity contribution in [2.24, 2.45) is 5.92 Å². The van der Waals surface area contributed by atoms with Crippen molar-refractivity contribution in [2.75, 3.05) is 13.1 Å². The molecule has 4 rings (SSSR count). The van der Waals surface area contributed by atoms with Crippen molar-refractivity contribution in [3.8, 4) is 0 Å². The average Bonchev–Trinajstić information content (AvgIpc) is 3.14. The Labute approximate surface area is 144 Å². The maximum Gasteiger partial charge on any atom is 0.336 e. The third kappa shape index (κ3) is 3.01. The molecule has 3 heterocycles. The van der Waals surface area contributed by atoms with Gasteiger partial charge in [-0.05, 0) is 58.8 Å². The number of epoxide rings is 1. The second kappa shape index (κ2) is 6.21. The molecule has 4 nitrogen and oxygen atoms in total. The molecule has 0 saturated carbocycles. The summed E-state index contributed by atoms with van der Waals surface area (Å²) >= 11 is 0. The number of nitrogens with zero attached hydrogens (tertiary/aromatic N) is 1. The van der Waals surface area contributed by atoms with Crippen molar-refractivity contribution >= 4 is 5.97 Å². The Kier molecular flexibility index (Phi) is 4.19. The first-order chi connectivity index (χ1) is 11.6. The first-order valence-electron chi connectivity index (χ1n) is 9.57. The number of rotatable bonds is 1. The van der Waals surface area contributed by atoms with Crippen molar-refractivity contribution < 1.29 is 14.3 Å². The maximum atomic E-state index is 12.6. The third-order valence-corrected chi connectivity index (χ3v) is 6.21. The lowest BCUT2D eigenvalue weighted by atomic mass is 9.83. The highest BCUT2D eigenvalue weighted by Crippen LogP contribution is 2.50. The fraction of sp³-hybridized carbons (Fsp3) is 0.750. The Balaban J connectivity index is 1.60. The lowest BCUT2D eigenvalue weighted by Crippen LogP contribution is -2.30. The smallest absolute Gasteiger partial charge is 0.336 e. The number of hydrogen-bond acceptors (Lipinski definition) is 4. The Hall–Kier alpha value is -1.29. The molecule has 24 heavy (non-hydrogen) atoms. The Morgan fingerprint density at radius 3 is 2.88 bits per heavy atom. The highest BCUT2D eigenvalue weighted by molar-refractivity contribution is 5.91. The summed E-state index contributed by atoms with van der Waals surface area (Å²) < 4.78 is 11.9. The Bertz CT molecular complexity index is 575. The topological polar surface area (TPSA) is 42.1 Å². The van der Waals surface area contributed by atoms with E-state index in [4.69, 9.17) is 9.47 Å². The number of fused-ring (bicyclic) bond motifs is 3. The summed E-state index contributed by atoms with van der Waals surface area (Å²) in [5.74, 6) is 0.0574. The number of hydrogen-bond donors (Lipinski definition) is 0. The monoisotopic (exact) mass is 331 g/mol. The number of carbonyl (C=O) groups excluding carboxylic acids is 1. The minimum atomic E-state index is -0.116. The van der Waals surface area contributed by atoms with Crippen LogP contribution in [0.2, 0.25) is 0 Å². The van der Waals surface area contributed by atoms with Crippen LogP contribution in [0.3, 0.4) is 0 Å². The predicted octanol–water partition coefficient (Wildman–Crippen LogP) is 3.58. The largest absolute Gasteiger partial charge is 0.455 e. The molecule has 0 N–H and O–H groups in total. The summed E-state index contributed by atoms with van der Waals surface area (Å²) in [5.41, 5.74) is 2.19. The van der Waals surface area contributed by atoms with Gasteiger partial charge in [-0.25, -0.2) is 4.79 Å². The number of carbonyl (C=O) groups is 1. The molecular formula is C20H29NO3. The molecule has 4 aliphatic rings. The third-order valence-electron chi connectivity index (χ3n) is 6.21. The molecule has 3 fully saturated rings. The van der Waals surface area contributed by atoms with Gasteiger partial charge in [-0.1, -0.05) is 11.6 Å². The van der Waals surface area contributed by atoms with Crippen LogP contribution in [-0.4, -0.2) is 41.8 Å². The van der Waals surface area contributed by atoms with Crippen LogP contribution in [0.25, 0.3) is 0 Å². The van der Waals surface area contributed by atoms with Crippen LogP contribution >= 0.6 is 0 Å². The average molecular weight is 331 g/mol. The van der Waals surface area contributed by atoms with Gasteiger partial charge in [-0.15, -0.1) is 0 Å². The van der Waals surface area contributed by atoms with Gasteiger partial charge in [0.1, 0.15) is 12.2 Å². The van der Waals surface area contributed by atoms with Crippen LogP contribution in [0, 0.1) is 5.92 Å². The number of likely N-dealkylation sites (tertiary alicyclic amines) is 1. The molecule has 0 spiro atoms. The van der Waals surface area contributed by atoms with Crippen LogP contribution in [0.5, 0.6) is 0 Å². The summed E-state index contributed by atoms with van der Waals surface area (Å²) in [6.07, 6.45) is 12.3. The minimum absolute atomic E-state index is 0.0745. The zero-order valence-electron chi connectivity index (χ0n) is 14.9. The molecule has 3 saturated heterocycles. The van der Waals surface area contributed by atoms with Crippen LogP contribution < -0.4 is 0 Å². The molecule has 0 aromatic heterocycles. The molecule has 132 valence electrons. The van der Waals surface area contributed by atoms with E-state index in [-0.39, 0.29) is 29.7 Å². The van der Waals surface area contributed by atoms with Crippen molar-refractivity contribution in [1.29, 1.82) is 0 Å². The highest BCUT2D eigenvalue weighted by Gasteiger charge is 2.61. The predicted molar refractivity (Wildman–Crippen MR) is 92.4 cm³/mol. The van der Waals surface area contributed by atoms with Gasteiger partial charge < -0.3 is 14.4 Å². The standard InChI is InChI=1S/C20H29NO3/c1-14-7-6-10-20(2)18(24-20)17-15(9-8-14)16(19(22)23-17)13-21-11-4-3-5-12-21/h7,13,15,17-18H,3-6,8-12H2,1-2H3/b14-7+,16-13-/t15-,17+,18-,20+/m0/s1. The van der Waals surface area contributed by atoms with E-state index >= 15 is 0 Å². The van der Waals surface area contributed by atoms with Crippen LogP contribution in [0.1, 0.15) is 58.8 Å². The van der Waals surface area contributed by atoms with Gasteiger partial charge in [-0.2, -0.15) is 0 Å². The van der Waals surface area contributed by atoms with Gasteiger partial charge in [0, 0.05) is 25.2 Å². The van der Waals surface area contributed by atoms with Crippen molar-refractivity contribution in [3.05, 3.63) is 23.4 Å². The number of allylic oxidation sites excluding steroid dienone is 2. The molecule has 0 bridgehead atoms. The summed E-state index contributed by atoms with van der Waals surface area (Å²) in [4.78, 5) is 14.9. The molecular weight excluding hydrogens is 302 g/mol. The summed E-state index contributed by atoms with van der Waals surface area (Å²) in [6, 6.07) is 0. The van der Waals surface area contributed by atoms with E-state index in [0.29, 0.717) is 0 Å². The minimum Gasteiger partial charge on any atom is -0.455 e. The van der Waals surface area contributed by atoms with E-state index in [0.717, 1.165) is 44.3 Å². The van der Waals surface area contributed by atoms with Crippen LogP contribution in [-0.2, 0) is 14.3 Å². The lowest BCUT2D eigenvalue weighted by Gasteiger charge is -2.26. The first kappa shape index (κ1) is 16.2. The normalized spacial score (nSPS) is 43.5. The van der Waals surface area contributed by atoms with Gasteiger partial charge in [0.15, 0.2) is 0 Å². The van der Waals surface area contributed by atoms with Gasteiger partial charge >= 0.3 is 5.97 Å². The van der Waals surface area contributed by atoms with E-state index in [2.05, 4.69) is 31.0 Å². The summed E-state index contributed by atoms with van der Waals surface area (Å²) in [5, 5.41) is 0. The Morgan fingerprint density at radius 2 is 2.08 bits per heavy atom. The SMILES string of the molecule is C/C1=C\CC[C@@]2(C)O[C@H]2[C@@H]2OC(=O)/C(=C\N3CCCCC3)[C@@H]2CC1. The fourth-order valence-electron chi connectivity index (χ4n) is 4.55. The van der Waals surface area contributed by atoms with E-state index in [1.54, 1.807) is 0 Å². The molecule has 3 aliphatic heterocycles. The second-order valence-electron chi connectivity index (χ2n) is 8.14. The highest BCUT2D eigenvalue weighted by atomic mass is 16.6. The van der Waals surface area contributed by atoms with E-state index < -0.39 is 0 Å². The molecule has 4 heteroatoms. The number of piperidine rings is 1. The number of ether oxygens (including phenoxy) is 2.